The minimum atomic E-state index is -0.0696. The third-order valence-electron chi connectivity index (χ3n) is 4.55. The molecule has 0 aromatic heterocycles. The Morgan fingerprint density at radius 2 is 1.95 bits per heavy atom. The molecule has 2 fully saturated rings. The molecule has 0 amide bonds. The van der Waals surface area contributed by atoms with Crippen LogP contribution in [-0.2, 0) is 13.1 Å². The third kappa shape index (κ3) is 4.02. The summed E-state index contributed by atoms with van der Waals surface area (Å²) in [5.41, 5.74) is 2.01. The molecule has 0 atom stereocenters. The molecule has 1 heterocycles. The summed E-state index contributed by atoms with van der Waals surface area (Å²) in [5, 5.41) is 3.30. The second kappa shape index (κ2) is 6.86. The largest absolute Gasteiger partial charge is 0.313 e. The maximum Gasteiger partial charge on any atom is 0.127 e. The van der Waals surface area contributed by atoms with E-state index in [9.17, 15) is 4.39 Å². The van der Waals surface area contributed by atoms with Gasteiger partial charge in [-0.1, -0.05) is 19.1 Å². The highest BCUT2D eigenvalue weighted by molar-refractivity contribution is 5.25. The first-order chi connectivity index (χ1) is 10.3. The topological polar surface area (TPSA) is 18.5 Å². The molecule has 4 heteroatoms. The van der Waals surface area contributed by atoms with E-state index in [2.05, 4.69) is 22.0 Å². The number of benzene rings is 1. The average molecular weight is 291 g/mol. The van der Waals surface area contributed by atoms with E-state index in [1.165, 1.54) is 18.4 Å². The highest BCUT2D eigenvalue weighted by Gasteiger charge is 2.31. The molecule has 1 N–H and O–H groups in total. The van der Waals surface area contributed by atoms with Crippen LogP contribution in [0.5, 0.6) is 0 Å². The Morgan fingerprint density at radius 1 is 1.19 bits per heavy atom. The molecule has 0 unspecified atom stereocenters. The fourth-order valence-electron chi connectivity index (χ4n) is 3.10. The Kier molecular flexibility index (Phi) is 4.88. The quantitative estimate of drug-likeness (QED) is 0.867. The van der Waals surface area contributed by atoms with Gasteiger partial charge in [0.05, 0.1) is 0 Å². The van der Waals surface area contributed by atoms with Gasteiger partial charge in [-0.2, -0.15) is 0 Å². The van der Waals surface area contributed by atoms with Gasteiger partial charge in [0.2, 0.25) is 0 Å². The normalized spacial score (nSPS) is 20.9. The van der Waals surface area contributed by atoms with Crippen LogP contribution in [0.25, 0.3) is 0 Å². The molecule has 0 radical (unpaired) electrons. The number of hydrogen-bond donors (Lipinski definition) is 1. The minimum absolute atomic E-state index is 0.0696. The van der Waals surface area contributed by atoms with Crippen molar-refractivity contribution in [1.82, 2.24) is 15.1 Å². The van der Waals surface area contributed by atoms with E-state index in [1.807, 2.05) is 12.1 Å². The van der Waals surface area contributed by atoms with Gasteiger partial charge < -0.3 is 5.32 Å². The van der Waals surface area contributed by atoms with Crippen LogP contribution in [0.15, 0.2) is 18.2 Å². The van der Waals surface area contributed by atoms with E-state index >= 15 is 0 Å². The number of halogens is 1. The Labute approximate surface area is 127 Å². The van der Waals surface area contributed by atoms with E-state index in [4.69, 9.17) is 0 Å². The number of hydrogen-bond acceptors (Lipinski definition) is 3. The smallest absolute Gasteiger partial charge is 0.127 e. The lowest BCUT2D eigenvalue weighted by Gasteiger charge is -2.34. The molecule has 21 heavy (non-hydrogen) atoms. The molecule has 2 aliphatic rings. The van der Waals surface area contributed by atoms with Crippen LogP contribution in [0, 0.1) is 5.82 Å². The number of nitrogens with zero attached hydrogens (tertiary/aromatic N) is 2. The van der Waals surface area contributed by atoms with Gasteiger partial charge in [0.1, 0.15) is 5.82 Å². The van der Waals surface area contributed by atoms with Crippen molar-refractivity contribution in [3.8, 4) is 0 Å². The average Bonchev–Trinajstić information content (AvgIpc) is 3.33. The van der Waals surface area contributed by atoms with Gasteiger partial charge in [-0.05, 0) is 31.0 Å². The first kappa shape index (κ1) is 14.9. The van der Waals surface area contributed by atoms with Crippen molar-refractivity contribution in [3.05, 3.63) is 35.1 Å². The highest BCUT2D eigenvalue weighted by Crippen LogP contribution is 2.27. The van der Waals surface area contributed by atoms with Gasteiger partial charge in [-0.25, -0.2) is 4.39 Å². The SMILES string of the molecule is CCNCc1ccc(F)c(CN2CCN(C3CC3)CC2)c1. The molecule has 1 aromatic carbocycles. The van der Waals surface area contributed by atoms with Crippen molar-refractivity contribution in [2.24, 2.45) is 0 Å². The fourth-order valence-corrected chi connectivity index (χ4v) is 3.10. The Bertz CT molecular complexity index is 465. The predicted octanol–water partition coefficient (Wildman–Crippen LogP) is 2.22. The molecule has 1 aromatic rings. The van der Waals surface area contributed by atoms with E-state index in [-0.39, 0.29) is 5.82 Å². The van der Waals surface area contributed by atoms with Gasteiger partial charge >= 0.3 is 0 Å². The van der Waals surface area contributed by atoms with Gasteiger partial charge in [0.15, 0.2) is 0 Å². The van der Waals surface area contributed by atoms with Gasteiger partial charge in [-0.3, -0.25) is 9.80 Å². The van der Waals surface area contributed by atoms with Crippen molar-refractivity contribution in [1.29, 1.82) is 0 Å². The maximum atomic E-state index is 14.0. The monoisotopic (exact) mass is 291 g/mol. The fraction of sp³-hybridized carbons (Fsp3) is 0.647. The Balaban J connectivity index is 1.56. The van der Waals surface area contributed by atoms with E-state index < -0.39 is 0 Å². The molecule has 0 spiro atoms. The van der Waals surface area contributed by atoms with Gasteiger partial charge in [0.25, 0.3) is 0 Å². The molecule has 3 nitrogen and oxygen atoms in total. The number of nitrogens with one attached hydrogen (secondary N) is 1. The molecular formula is C17H26FN3. The number of piperazine rings is 1. The Morgan fingerprint density at radius 3 is 2.62 bits per heavy atom. The van der Waals surface area contributed by atoms with Crippen molar-refractivity contribution in [2.45, 2.75) is 38.9 Å². The van der Waals surface area contributed by atoms with E-state index in [0.29, 0.717) is 0 Å². The summed E-state index contributed by atoms with van der Waals surface area (Å²) in [5.74, 6) is -0.0696. The van der Waals surface area contributed by atoms with Crippen LogP contribution in [0.3, 0.4) is 0 Å². The summed E-state index contributed by atoms with van der Waals surface area (Å²) < 4.78 is 14.0. The molecular weight excluding hydrogens is 265 g/mol. The highest BCUT2D eigenvalue weighted by atomic mass is 19.1. The Hall–Kier alpha value is -0.970. The van der Waals surface area contributed by atoms with Crippen LogP contribution < -0.4 is 5.32 Å². The first-order valence-corrected chi connectivity index (χ1v) is 8.20. The van der Waals surface area contributed by atoms with Crippen molar-refractivity contribution < 1.29 is 4.39 Å². The van der Waals surface area contributed by atoms with Crippen molar-refractivity contribution >= 4 is 0 Å². The van der Waals surface area contributed by atoms with E-state index in [0.717, 1.165) is 57.4 Å². The van der Waals surface area contributed by atoms with Crippen molar-refractivity contribution in [3.63, 3.8) is 0 Å². The summed E-state index contributed by atoms with van der Waals surface area (Å²) >= 11 is 0. The number of rotatable bonds is 6. The summed E-state index contributed by atoms with van der Waals surface area (Å²) in [4.78, 5) is 4.97. The molecule has 3 rings (SSSR count). The zero-order valence-corrected chi connectivity index (χ0v) is 12.9. The van der Waals surface area contributed by atoms with Gasteiger partial charge in [-0.15, -0.1) is 0 Å². The van der Waals surface area contributed by atoms with Crippen LogP contribution in [-0.4, -0.2) is 48.6 Å². The van der Waals surface area contributed by atoms with Crippen LogP contribution in [0.2, 0.25) is 0 Å². The lowest BCUT2D eigenvalue weighted by atomic mass is 10.1. The molecule has 1 saturated heterocycles. The summed E-state index contributed by atoms with van der Waals surface area (Å²) in [6.07, 6.45) is 2.75. The molecule has 1 aliphatic carbocycles. The van der Waals surface area contributed by atoms with Crippen LogP contribution in [0.1, 0.15) is 30.9 Å². The second-order valence-corrected chi connectivity index (χ2v) is 6.25. The molecule has 1 aliphatic heterocycles. The summed E-state index contributed by atoms with van der Waals surface area (Å²) in [7, 11) is 0. The van der Waals surface area contributed by atoms with Crippen molar-refractivity contribution in [2.75, 3.05) is 32.7 Å². The predicted molar refractivity (Wildman–Crippen MR) is 83.7 cm³/mol. The van der Waals surface area contributed by atoms with Crippen LogP contribution in [0.4, 0.5) is 4.39 Å². The molecule has 0 bridgehead atoms. The molecule has 116 valence electrons. The zero-order chi connectivity index (χ0) is 14.7. The standard InChI is InChI=1S/C17H26FN3/c1-2-19-12-14-3-6-17(18)15(11-14)13-20-7-9-21(10-8-20)16-4-5-16/h3,6,11,16,19H,2,4-5,7-10,12-13H2,1H3. The summed E-state index contributed by atoms with van der Waals surface area (Å²) in [6.45, 7) is 9.00. The third-order valence-corrected chi connectivity index (χ3v) is 4.55. The zero-order valence-electron chi connectivity index (χ0n) is 12.9. The summed E-state index contributed by atoms with van der Waals surface area (Å²) in [6, 6.07) is 6.37. The maximum absolute atomic E-state index is 14.0. The second-order valence-electron chi connectivity index (χ2n) is 6.25. The first-order valence-electron chi connectivity index (χ1n) is 8.20. The molecule has 1 saturated carbocycles. The minimum Gasteiger partial charge on any atom is -0.313 e. The van der Waals surface area contributed by atoms with E-state index in [1.54, 1.807) is 6.07 Å². The van der Waals surface area contributed by atoms with Gasteiger partial charge in [0, 0.05) is 50.9 Å². The lowest BCUT2D eigenvalue weighted by Crippen LogP contribution is -2.46. The van der Waals surface area contributed by atoms with Crippen LogP contribution >= 0.6 is 0 Å². The lowest BCUT2D eigenvalue weighted by molar-refractivity contribution is 0.120.